The lowest BCUT2D eigenvalue weighted by atomic mass is 9.93. The summed E-state index contributed by atoms with van der Waals surface area (Å²) in [6.07, 6.45) is 5.42. The lowest BCUT2D eigenvalue weighted by Gasteiger charge is -2.31. The number of methoxy groups -OCH3 is 1. The highest BCUT2D eigenvalue weighted by Crippen LogP contribution is 2.26. The number of H-pyrrole nitrogens is 1. The van der Waals surface area contributed by atoms with Gasteiger partial charge in [-0.3, -0.25) is 5.10 Å². The minimum absolute atomic E-state index is 0.657. The molecule has 1 fully saturated rings. The molecule has 0 radical (unpaired) electrons. The molecule has 0 saturated carbocycles. The van der Waals surface area contributed by atoms with Crippen LogP contribution in [0.4, 0.5) is 0 Å². The molecule has 0 aliphatic carbocycles. The molecule has 1 aliphatic rings. The molecule has 1 aliphatic heterocycles. The van der Waals surface area contributed by atoms with E-state index >= 15 is 0 Å². The number of likely N-dealkylation sites (tertiary alicyclic amines) is 1. The van der Waals surface area contributed by atoms with Gasteiger partial charge in [0.15, 0.2) is 0 Å². The minimum Gasteiger partial charge on any atom is -0.497 e. The third-order valence-electron chi connectivity index (χ3n) is 4.43. The summed E-state index contributed by atoms with van der Waals surface area (Å²) < 4.78 is 5.19. The zero-order valence-corrected chi connectivity index (χ0v) is 12.6. The number of benzene rings is 1. The van der Waals surface area contributed by atoms with E-state index in [4.69, 9.17) is 4.74 Å². The van der Waals surface area contributed by atoms with Gasteiger partial charge in [0.25, 0.3) is 0 Å². The van der Waals surface area contributed by atoms with Crippen molar-refractivity contribution in [3.63, 3.8) is 0 Å². The molecule has 4 heteroatoms. The molecule has 112 valence electrons. The van der Waals surface area contributed by atoms with Crippen molar-refractivity contribution in [1.82, 2.24) is 15.1 Å². The van der Waals surface area contributed by atoms with Crippen molar-refractivity contribution in [2.75, 3.05) is 26.7 Å². The summed E-state index contributed by atoms with van der Waals surface area (Å²) in [5.41, 5.74) is 2.68. The van der Waals surface area contributed by atoms with E-state index in [9.17, 15) is 0 Å². The Morgan fingerprint density at radius 2 is 1.95 bits per heavy atom. The van der Waals surface area contributed by atoms with Gasteiger partial charge in [0, 0.05) is 24.4 Å². The van der Waals surface area contributed by atoms with Crippen LogP contribution >= 0.6 is 0 Å². The zero-order chi connectivity index (χ0) is 14.5. The Balaban J connectivity index is 1.44. The van der Waals surface area contributed by atoms with Crippen molar-refractivity contribution < 1.29 is 4.74 Å². The molecular weight excluding hydrogens is 262 g/mol. The van der Waals surface area contributed by atoms with Gasteiger partial charge < -0.3 is 9.64 Å². The highest BCUT2D eigenvalue weighted by atomic mass is 16.5. The van der Waals surface area contributed by atoms with Gasteiger partial charge >= 0.3 is 0 Å². The van der Waals surface area contributed by atoms with Crippen molar-refractivity contribution in [2.24, 2.45) is 0 Å². The Morgan fingerprint density at radius 1 is 1.19 bits per heavy atom. The molecule has 1 aromatic heterocycles. The first-order valence-corrected chi connectivity index (χ1v) is 7.69. The second kappa shape index (κ2) is 6.76. The molecule has 0 unspecified atom stereocenters. The second-order valence-electron chi connectivity index (χ2n) is 5.73. The lowest BCUT2D eigenvalue weighted by molar-refractivity contribution is 0.213. The fourth-order valence-corrected chi connectivity index (χ4v) is 3.04. The van der Waals surface area contributed by atoms with Crippen molar-refractivity contribution in [3.05, 3.63) is 47.8 Å². The van der Waals surface area contributed by atoms with Gasteiger partial charge in [-0.05, 0) is 56.1 Å². The van der Waals surface area contributed by atoms with Crippen LogP contribution in [-0.2, 0) is 6.42 Å². The van der Waals surface area contributed by atoms with Crippen LogP contribution in [0.1, 0.15) is 30.0 Å². The Hall–Kier alpha value is -1.81. The fraction of sp³-hybridized carbons (Fsp3) is 0.471. The van der Waals surface area contributed by atoms with Crippen LogP contribution < -0.4 is 4.74 Å². The molecule has 0 atom stereocenters. The normalized spacial score (nSPS) is 17.0. The SMILES string of the molecule is COc1ccc(CCN2CCC(c3ccn[nH]3)CC2)cc1. The Labute approximate surface area is 126 Å². The van der Waals surface area contributed by atoms with E-state index in [1.165, 1.54) is 37.2 Å². The maximum Gasteiger partial charge on any atom is 0.118 e. The first kappa shape index (κ1) is 14.1. The number of ether oxygens (including phenoxy) is 1. The average Bonchev–Trinajstić information content (AvgIpc) is 3.08. The number of aromatic nitrogens is 2. The molecule has 21 heavy (non-hydrogen) atoms. The molecule has 1 aromatic carbocycles. The van der Waals surface area contributed by atoms with E-state index < -0.39 is 0 Å². The van der Waals surface area contributed by atoms with Gasteiger partial charge in [-0.2, -0.15) is 5.10 Å². The van der Waals surface area contributed by atoms with E-state index in [2.05, 4.69) is 33.3 Å². The monoisotopic (exact) mass is 285 g/mol. The molecule has 4 nitrogen and oxygen atoms in total. The van der Waals surface area contributed by atoms with Crippen LogP contribution in [-0.4, -0.2) is 41.8 Å². The summed E-state index contributed by atoms with van der Waals surface area (Å²) in [5.74, 6) is 1.59. The summed E-state index contributed by atoms with van der Waals surface area (Å²) in [6, 6.07) is 10.5. The predicted octanol–water partition coefficient (Wildman–Crippen LogP) is 2.84. The summed E-state index contributed by atoms with van der Waals surface area (Å²) in [4.78, 5) is 2.57. The van der Waals surface area contributed by atoms with E-state index in [-0.39, 0.29) is 0 Å². The van der Waals surface area contributed by atoms with E-state index in [1.807, 2.05) is 18.3 Å². The first-order chi connectivity index (χ1) is 10.3. The number of nitrogens with zero attached hydrogens (tertiary/aromatic N) is 2. The second-order valence-corrected chi connectivity index (χ2v) is 5.73. The largest absolute Gasteiger partial charge is 0.497 e. The number of hydrogen-bond acceptors (Lipinski definition) is 3. The molecule has 2 aromatic rings. The van der Waals surface area contributed by atoms with Gasteiger partial charge in [-0.1, -0.05) is 12.1 Å². The van der Waals surface area contributed by atoms with Crippen LogP contribution in [0.3, 0.4) is 0 Å². The number of piperidine rings is 1. The first-order valence-electron chi connectivity index (χ1n) is 7.69. The summed E-state index contributed by atoms with van der Waals surface area (Å²) in [6.45, 7) is 3.50. The number of hydrogen-bond donors (Lipinski definition) is 1. The van der Waals surface area contributed by atoms with Gasteiger partial charge in [0.2, 0.25) is 0 Å². The molecule has 0 amide bonds. The van der Waals surface area contributed by atoms with Crippen molar-refractivity contribution >= 4 is 0 Å². The van der Waals surface area contributed by atoms with Crippen LogP contribution in [0.2, 0.25) is 0 Å². The highest BCUT2D eigenvalue weighted by molar-refractivity contribution is 5.27. The van der Waals surface area contributed by atoms with Gasteiger partial charge in [0.1, 0.15) is 5.75 Å². The van der Waals surface area contributed by atoms with Crippen LogP contribution in [0.15, 0.2) is 36.5 Å². The topological polar surface area (TPSA) is 41.1 Å². The van der Waals surface area contributed by atoms with Gasteiger partial charge in [-0.25, -0.2) is 0 Å². The number of rotatable bonds is 5. The van der Waals surface area contributed by atoms with Crippen LogP contribution in [0.5, 0.6) is 5.75 Å². The molecule has 2 heterocycles. The molecule has 0 spiro atoms. The maximum absolute atomic E-state index is 5.19. The van der Waals surface area contributed by atoms with Crippen LogP contribution in [0, 0.1) is 0 Å². The maximum atomic E-state index is 5.19. The van der Waals surface area contributed by atoms with Gasteiger partial charge in [0.05, 0.1) is 7.11 Å². The molecule has 1 N–H and O–H groups in total. The van der Waals surface area contributed by atoms with Crippen molar-refractivity contribution in [1.29, 1.82) is 0 Å². The molecule has 1 saturated heterocycles. The van der Waals surface area contributed by atoms with Crippen LogP contribution in [0.25, 0.3) is 0 Å². The third kappa shape index (κ3) is 3.64. The number of nitrogens with one attached hydrogen (secondary N) is 1. The lowest BCUT2D eigenvalue weighted by Crippen LogP contribution is -2.34. The fourth-order valence-electron chi connectivity index (χ4n) is 3.04. The predicted molar refractivity (Wildman–Crippen MR) is 83.7 cm³/mol. The summed E-state index contributed by atoms with van der Waals surface area (Å²) in [5, 5.41) is 7.17. The molecular formula is C17H23N3O. The van der Waals surface area contributed by atoms with E-state index in [1.54, 1.807) is 7.11 Å². The average molecular weight is 285 g/mol. The Kier molecular flexibility index (Phi) is 4.55. The number of aromatic amines is 1. The summed E-state index contributed by atoms with van der Waals surface area (Å²) >= 11 is 0. The van der Waals surface area contributed by atoms with Crippen molar-refractivity contribution in [2.45, 2.75) is 25.2 Å². The van der Waals surface area contributed by atoms with E-state index in [0.29, 0.717) is 5.92 Å². The Morgan fingerprint density at radius 3 is 2.57 bits per heavy atom. The van der Waals surface area contributed by atoms with Crippen molar-refractivity contribution in [3.8, 4) is 5.75 Å². The smallest absolute Gasteiger partial charge is 0.118 e. The zero-order valence-electron chi connectivity index (χ0n) is 12.6. The van der Waals surface area contributed by atoms with E-state index in [0.717, 1.165) is 18.7 Å². The third-order valence-corrected chi connectivity index (χ3v) is 4.43. The molecule has 0 bridgehead atoms. The highest BCUT2D eigenvalue weighted by Gasteiger charge is 2.21. The standard InChI is InChI=1S/C17H23N3O/c1-21-16-4-2-14(3-5-16)7-11-20-12-8-15(9-13-20)17-6-10-18-19-17/h2-6,10,15H,7-9,11-13H2,1H3,(H,18,19). The Bertz CT molecular complexity index is 528. The summed E-state index contributed by atoms with van der Waals surface area (Å²) in [7, 11) is 1.71. The molecule has 3 rings (SSSR count). The quantitative estimate of drug-likeness (QED) is 0.918. The minimum atomic E-state index is 0.657. The van der Waals surface area contributed by atoms with Gasteiger partial charge in [-0.15, -0.1) is 0 Å².